The Morgan fingerprint density at radius 1 is 1.31 bits per heavy atom. The van der Waals surface area contributed by atoms with Crippen LogP contribution in [-0.2, 0) is 4.79 Å². The first-order valence-electron chi connectivity index (χ1n) is 5.29. The number of anilines is 1. The monoisotopic (exact) mass is 223 g/mol. The van der Waals surface area contributed by atoms with Crippen LogP contribution in [0.1, 0.15) is 25.7 Å². The van der Waals surface area contributed by atoms with Crippen LogP contribution in [0.5, 0.6) is 0 Å². The Morgan fingerprint density at radius 3 is 2.62 bits per heavy atom. The lowest BCUT2D eigenvalue weighted by molar-refractivity contribution is -0.119. The van der Waals surface area contributed by atoms with Crippen molar-refractivity contribution in [3.05, 3.63) is 27.0 Å². The molecule has 0 aromatic carbocycles. The molecule has 0 aliphatic heterocycles. The third-order valence-electron chi connectivity index (χ3n) is 2.80. The van der Waals surface area contributed by atoms with Gasteiger partial charge in [0.05, 0.1) is 0 Å². The number of aromatic nitrogens is 2. The van der Waals surface area contributed by atoms with Crippen LogP contribution in [0.4, 0.5) is 5.69 Å². The first kappa shape index (κ1) is 10.7. The van der Waals surface area contributed by atoms with E-state index in [2.05, 4.69) is 15.3 Å². The van der Waals surface area contributed by atoms with Gasteiger partial charge in [-0.15, -0.1) is 0 Å². The molecule has 0 saturated heterocycles. The van der Waals surface area contributed by atoms with Crippen LogP contribution in [0.3, 0.4) is 0 Å². The summed E-state index contributed by atoms with van der Waals surface area (Å²) >= 11 is 0. The summed E-state index contributed by atoms with van der Waals surface area (Å²) in [6.45, 7) is 0. The number of carbonyl (C=O) groups is 1. The van der Waals surface area contributed by atoms with E-state index in [9.17, 15) is 14.4 Å². The highest BCUT2D eigenvalue weighted by molar-refractivity contribution is 5.92. The van der Waals surface area contributed by atoms with Crippen LogP contribution >= 0.6 is 0 Å². The highest BCUT2D eigenvalue weighted by atomic mass is 16.2. The average Bonchev–Trinajstić information content (AvgIpc) is 2.75. The summed E-state index contributed by atoms with van der Waals surface area (Å²) in [5.41, 5.74) is -1.06. The topological polar surface area (TPSA) is 94.8 Å². The molecule has 3 N–H and O–H groups in total. The standard InChI is InChI=1S/C10H13N3O3/c14-8(6-3-1-2-4-6)12-7-5-11-10(16)13-9(7)15/h5-6H,1-4H2,(H,12,14)(H2,11,13,15,16). The first-order valence-corrected chi connectivity index (χ1v) is 5.29. The van der Waals surface area contributed by atoms with E-state index < -0.39 is 11.2 Å². The molecular formula is C10H13N3O3. The van der Waals surface area contributed by atoms with Gasteiger partial charge in [-0.2, -0.15) is 0 Å². The molecule has 2 rings (SSSR count). The highest BCUT2D eigenvalue weighted by Crippen LogP contribution is 2.25. The van der Waals surface area contributed by atoms with Gasteiger partial charge in [-0.05, 0) is 12.8 Å². The molecule has 1 saturated carbocycles. The van der Waals surface area contributed by atoms with Crippen molar-refractivity contribution in [2.24, 2.45) is 5.92 Å². The lowest BCUT2D eigenvalue weighted by Crippen LogP contribution is -2.28. The number of H-pyrrole nitrogens is 2. The minimum absolute atomic E-state index is 0.00803. The molecule has 1 aliphatic rings. The van der Waals surface area contributed by atoms with Crippen molar-refractivity contribution in [3.63, 3.8) is 0 Å². The van der Waals surface area contributed by atoms with Gasteiger partial charge in [-0.25, -0.2) is 4.79 Å². The average molecular weight is 223 g/mol. The fraction of sp³-hybridized carbons (Fsp3) is 0.500. The Balaban J connectivity index is 2.11. The molecule has 6 nitrogen and oxygen atoms in total. The fourth-order valence-corrected chi connectivity index (χ4v) is 1.93. The zero-order valence-corrected chi connectivity index (χ0v) is 8.71. The van der Waals surface area contributed by atoms with Gasteiger partial charge < -0.3 is 10.3 Å². The smallest absolute Gasteiger partial charge is 0.320 e. The number of hydrogen-bond acceptors (Lipinski definition) is 3. The summed E-state index contributed by atoms with van der Waals surface area (Å²) in [6, 6.07) is 0. The molecule has 6 heteroatoms. The molecular weight excluding hydrogens is 210 g/mol. The summed E-state index contributed by atoms with van der Waals surface area (Å²) in [4.78, 5) is 38.1. The lowest BCUT2D eigenvalue weighted by Gasteiger charge is -2.08. The Bertz CT molecular complexity index is 497. The zero-order chi connectivity index (χ0) is 11.5. The van der Waals surface area contributed by atoms with Crippen LogP contribution < -0.4 is 16.6 Å². The minimum Gasteiger partial charge on any atom is -0.320 e. The van der Waals surface area contributed by atoms with E-state index in [4.69, 9.17) is 0 Å². The molecule has 0 bridgehead atoms. The molecule has 1 aliphatic carbocycles. The van der Waals surface area contributed by atoms with Crippen LogP contribution in [0.2, 0.25) is 0 Å². The van der Waals surface area contributed by atoms with Gasteiger partial charge in [0.15, 0.2) is 0 Å². The maximum absolute atomic E-state index is 11.7. The van der Waals surface area contributed by atoms with Gasteiger partial charge in [0, 0.05) is 12.1 Å². The third-order valence-corrected chi connectivity index (χ3v) is 2.80. The molecule has 16 heavy (non-hydrogen) atoms. The lowest BCUT2D eigenvalue weighted by atomic mass is 10.1. The van der Waals surface area contributed by atoms with E-state index >= 15 is 0 Å². The Kier molecular flexibility index (Phi) is 2.89. The molecule has 1 fully saturated rings. The van der Waals surface area contributed by atoms with E-state index in [-0.39, 0.29) is 17.5 Å². The summed E-state index contributed by atoms with van der Waals surface area (Å²) < 4.78 is 0. The summed E-state index contributed by atoms with van der Waals surface area (Å²) in [5, 5.41) is 2.53. The van der Waals surface area contributed by atoms with Crippen molar-refractivity contribution < 1.29 is 4.79 Å². The number of nitrogens with one attached hydrogen (secondary N) is 3. The van der Waals surface area contributed by atoms with Crippen LogP contribution in [0, 0.1) is 5.92 Å². The SMILES string of the molecule is O=C(Nc1c[nH]c(=O)[nH]c1=O)C1CCCC1. The van der Waals surface area contributed by atoms with Crippen molar-refractivity contribution in [2.75, 3.05) is 5.32 Å². The van der Waals surface area contributed by atoms with Crippen molar-refractivity contribution in [2.45, 2.75) is 25.7 Å². The van der Waals surface area contributed by atoms with Crippen molar-refractivity contribution >= 4 is 11.6 Å². The van der Waals surface area contributed by atoms with Gasteiger partial charge in [0.1, 0.15) is 5.69 Å². The van der Waals surface area contributed by atoms with E-state index in [1.807, 2.05) is 0 Å². The normalized spacial score (nSPS) is 16.2. The van der Waals surface area contributed by atoms with Crippen LogP contribution in [0.25, 0.3) is 0 Å². The van der Waals surface area contributed by atoms with Crippen molar-refractivity contribution in [3.8, 4) is 0 Å². The predicted molar refractivity (Wildman–Crippen MR) is 58.3 cm³/mol. The quantitative estimate of drug-likeness (QED) is 0.668. The molecule has 0 spiro atoms. The summed E-state index contributed by atoms with van der Waals surface area (Å²) in [6.07, 6.45) is 5.06. The van der Waals surface area contributed by atoms with Crippen molar-refractivity contribution in [1.82, 2.24) is 9.97 Å². The molecule has 1 amide bonds. The second kappa shape index (κ2) is 4.34. The van der Waals surface area contributed by atoms with E-state index in [1.54, 1.807) is 0 Å². The Labute approximate surface area is 91.1 Å². The summed E-state index contributed by atoms with van der Waals surface area (Å²) in [7, 11) is 0. The molecule has 86 valence electrons. The van der Waals surface area contributed by atoms with Crippen molar-refractivity contribution in [1.29, 1.82) is 0 Å². The molecule has 0 radical (unpaired) electrons. The zero-order valence-electron chi connectivity index (χ0n) is 8.71. The number of aromatic amines is 2. The predicted octanol–water partition coefficient (Wildman–Crippen LogP) is 0.192. The maximum Gasteiger partial charge on any atom is 0.325 e. The molecule has 1 aromatic heterocycles. The van der Waals surface area contributed by atoms with Crippen LogP contribution in [0.15, 0.2) is 15.8 Å². The maximum atomic E-state index is 11.7. The molecule has 1 aromatic rings. The van der Waals surface area contributed by atoms with E-state index in [0.717, 1.165) is 25.7 Å². The third kappa shape index (κ3) is 2.21. The molecule has 0 atom stereocenters. The van der Waals surface area contributed by atoms with E-state index in [1.165, 1.54) is 6.20 Å². The van der Waals surface area contributed by atoms with Gasteiger partial charge in [0.2, 0.25) is 5.91 Å². The Hall–Kier alpha value is -1.85. The van der Waals surface area contributed by atoms with Gasteiger partial charge in [-0.1, -0.05) is 12.8 Å². The molecule has 0 unspecified atom stereocenters. The van der Waals surface area contributed by atoms with Crippen LogP contribution in [-0.4, -0.2) is 15.9 Å². The first-order chi connectivity index (χ1) is 7.66. The number of rotatable bonds is 2. The largest absolute Gasteiger partial charge is 0.325 e. The number of carbonyl (C=O) groups excluding carboxylic acids is 1. The minimum atomic E-state index is -0.580. The Morgan fingerprint density at radius 2 is 2.00 bits per heavy atom. The van der Waals surface area contributed by atoms with Gasteiger partial charge in [-0.3, -0.25) is 14.6 Å². The van der Waals surface area contributed by atoms with E-state index in [0.29, 0.717) is 0 Å². The second-order valence-corrected chi connectivity index (χ2v) is 3.96. The van der Waals surface area contributed by atoms with Gasteiger partial charge >= 0.3 is 5.69 Å². The highest BCUT2D eigenvalue weighted by Gasteiger charge is 2.23. The van der Waals surface area contributed by atoms with Gasteiger partial charge in [0.25, 0.3) is 5.56 Å². The summed E-state index contributed by atoms with van der Waals surface area (Å²) in [5.74, 6) is -0.152. The number of hydrogen-bond donors (Lipinski definition) is 3. The fourth-order valence-electron chi connectivity index (χ4n) is 1.93. The molecule has 1 heterocycles. The number of amides is 1. The second-order valence-electron chi connectivity index (χ2n) is 3.96.